The van der Waals surface area contributed by atoms with Crippen molar-refractivity contribution in [2.75, 3.05) is 7.11 Å². The fourth-order valence-electron chi connectivity index (χ4n) is 1.38. The van der Waals surface area contributed by atoms with Gasteiger partial charge >= 0.3 is 0 Å². The third-order valence-electron chi connectivity index (χ3n) is 1.97. The Kier molecular flexibility index (Phi) is 3.14. The average Bonchev–Trinajstić information content (AvgIpc) is 2.06. The minimum Gasteiger partial charge on any atom is -0.497 e. The van der Waals surface area contributed by atoms with E-state index in [1.54, 1.807) is 19.2 Å². The number of rotatable bonds is 2. The van der Waals surface area contributed by atoms with Crippen LogP contribution in [-0.4, -0.2) is 7.11 Å². The Morgan fingerprint density at radius 3 is 2.43 bits per heavy atom. The third kappa shape index (κ3) is 3.02. The molecule has 0 radical (unpaired) electrons. The summed E-state index contributed by atoms with van der Waals surface area (Å²) in [6.45, 7) is 6.27. The van der Waals surface area contributed by atoms with Gasteiger partial charge in [-0.15, -0.1) is 0 Å². The van der Waals surface area contributed by atoms with Gasteiger partial charge in [0.25, 0.3) is 0 Å². The van der Waals surface area contributed by atoms with Gasteiger partial charge in [0, 0.05) is 0 Å². The van der Waals surface area contributed by atoms with Crippen molar-refractivity contribution in [1.29, 1.82) is 0 Å². The van der Waals surface area contributed by atoms with E-state index in [0.717, 1.165) is 12.0 Å². The highest BCUT2D eigenvalue weighted by atomic mass is 19.1. The number of ether oxygens (including phenoxy) is 1. The van der Waals surface area contributed by atoms with Crippen molar-refractivity contribution < 1.29 is 9.13 Å². The quantitative estimate of drug-likeness (QED) is 0.704. The zero-order chi connectivity index (χ0) is 10.8. The molecule has 1 nitrogen and oxygen atoms in total. The molecule has 0 amide bonds. The molecular formula is C12H17FO. The molecule has 0 bridgehead atoms. The standard InChI is InChI=1S/C12H17FO/c1-12(2,3)8-9-7-10(14-4)5-6-11(9)13/h5-7H,8H2,1-4H3. The molecule has 78 valence electrons. The van der Waals surface area contributed by atoms with E-state index in [0.29, 0.717) is 5.75 Å². The Balaban J connectivity index is 2.95. The molecule has 1 aromatic carbocycles. The van der Waals surface area contributed by atoms with Gasteiger partial charge in [0.15, 0.2) is 0 Å². The SMILES string of the molecule is COc1ccc(F)c(CC(C)(C)C)c1. The molecule has 0 aromatic heterocycles. The van der Waals surface area contributed by atoms with Crippen molar-refractivity contribution in [3.8, 4) is 5.75 Å². The summed E-state index contributed by atoms with van der Waals surface area (Å²) in [6, 6.07) is 4.86. The molecule has 0 saturated heterocycles. The Hall–Kier alpha value is -1.05. The van der Waals surface area contributed by atoms with Crippen LogP contribution in [0.3, 0.4) is 0 Å². The monoisotopic (exact) mass is 196 g/mol. The summed E-state index contributed by atoms with van der Waals surface area (Å²) < 4.78 is 18.4. The highest BCUT2D eigenvalue weighted by molar-refractivity contribution is 5.30. The van der Waals surface area contributed by atoms with Crippen LogP contribution in [-0.2, 0) is 6.42 Å². The van der Waals surface area contributed by atoms with Crippen molar-refractivity contribution in [1.82, 2.24) is 0 Å². The number of halogens is 1. The zero-order valence-electron chi connectivity index (χ0n) is 9.23. The smallest absolute Gasteiger partial charge is 0.126 e. The average molecular weight is 196 g/mol. The fourth-order valence-corrected chi connectivity index (χ4v) is 1.38. The van der Waals surface area contributed by atoms with Gasteiger partial charge in [-0.05, 0) is 35.6 Å². The van der Waals surface area contributed by atoms with Crippen molar-refractivity contribution >= 4 is 0 Å². The van der Waals surface area contributed by atoms with Gasteiger partial charge in [-0.25, -0.2) is 4.39 Å². The van der Waals surface area contributed by atoms with Gasteiger partial charge in [0.1, 0.15) is 11.6 Å². The van der Waals surface area contributed by atoms with Crippen molar-refractivity contribution in [2.24, 2.45) is 5.41 Å². The maximum Gasteiger partial charge on any atom is 0.126 e. The van der Waals surface area contributed by atoms with E-state index in [2.05, 4.69) is 20.8 Å². The number of methoxy groups -OCH3 is 1. The van der Waals surface area contributed by atoms with Gasteiger partial charge < -0.3 is 4.74 Å². The van der Waals surface area contributed by atoms with Crippen LogP contribution in [0.2, 0.25) is 0 Å². The molecule has 0 heterocycles. The van der Waals surface area contributed by atoms with Crippen LogP contribution in [0.1, 0.15) is 26.3 Å². The molecule has 0 aliphatic rings. The molecule has 0 unspecified atom stereocenters. The number of benzene rings is 1. The first-order valence-corrected chi connectivity index (χ1v) is 4.75. The van der Waals surface area contributed by atoms with Crippen molar-refractivity contribution in [3.05, 3.63) is 29.6 Å². The van der Waals surface area contributed by atoms with Crippen LogP contribution in [0, 0.1) is 11.2 Å². The highest BCUT2D eigenvalue weighted by Crippen LogP contribution is 2.25. The van der Waals surface area contributed by atoms with Gasteiger partial charge in [-0.2, -0.15) is 0 Å². The van der Waals surface area contributed by atoms with Gasteiger partial charge in [-0.3, -0.25) is 0 Å². The summed E-state index contributed by atoms with van der Waals surface area (Å²) in [7, 11) is 1.59. The van der Waals surface area contributed by atoms with E-state index in [9.17, 15) is 4.39 Å². The Morgan fingerprint density at radius 1 is 1.29 bits per heavy atom. The van der Waals surface area contributed by atoms with Gasteiger partial charge in [0.2, 0.25) is 0 Å². The maximum atomic E-state index is 13.4. The molecule has 0 saturated carbocycles. The maximum absolute atomic E-state index is 13.4. The van der Waals surface area contributed by atoms with Crippen molar-refractivity contribution in [3.63, 3.8) is 0 Å². The minimum absolute atomic E-state index is 0.0905. The molecule has 0 fully saturated rings. The zero-order valence-corrected chi connectivity index (χ0v) is 9.23. The molecule has 1 rings (SSSR count). The summed E-state index contributed by atoms with van der Waals surface area (Å²) in [5, 5.41) is 0. The lowest BCUT2D eigenvalue weighted by Gasteiger charge is -2.18. The topological polar surface area (TPSA) is 9.23 Å². The van der Waals surface area contributed by atoms with E-state index in [-0.39, 0.29) is 11.2 Å². The first-order valence-electron chi connectivity index (χ1n) is 4.75. The Morgan fingerprint density at radius 2 is 1.93 bits per heavy atom. The third-order valence-corrected chi connectivity index (χ3v) is 1.97. The van der Waals surface area contributed by atoms with Crippen LogP contribution in [0.4, 0.5) is 4.39 Å². The van der Waals surface area contributed by atoms with E-state index >= 15 is 0 Å². The normalized spacial score (nSPS) is 11.5. The predicted molar refractivity (Wildman–Crippen MR) is 56.1 cm³/mol. The lowest BCUT2D eigenvalue weighted by Crippen LogP contribution is -2.10. The van der Waals surface area contributed by atoms with Crippen LogP contribution < -0.4 is 4.74 Å². The van der Waals surface area contributed by atoms with Crippen molar-refractivity contribution in [2.45, 2.75) is 27.2 Å². The molecule has 0 aliphatic heterocycles. The van der Waals surface area contributed by atoms with Crippen LogP contribution in [0.5, 0.6) is 5.75 Å². The number of hydrogen-bond donors (Lipinski definition) is 0. The second kappa shape index (κ2) is 3.99. The predicted octanol–water partition coefficient (Wildman–Crippen LogP) is 3.42. The lowest BCUT2D eigenvalue weighted by atomic mass is 9.88. The van der Waals surface area contributed by atoms with E-state index < -0.39 is 0 Å². The van der Waals surface area contributed by atoms with Gasteiger partial charge in [-0.1, -0.05) is 20.8 Å². The largest absolute Gasteiger partial charge is 0.497 e. The van der Waals surface area contributed by atoms with Crippen LogP contribution in [0.15, 0.2) is 18.2 Å². The van der Waals surface area contributed by atoms with E-state index in [1.165, 1.54) is 6.07 Å². The van der Waals surface area contributed by atoms with Crippen LogP contribution in [0.25, 0.3) is 0 Å². The first kappa shape index (κ1) is 11.0. The Labute approximate surface area is 84.9 Å². The summed E-state index contributed by atoms with van der Waals surface area (Å²) in [5.74, 6) is 0.561. The van der Waals surface area contributed by atoms with E-state index in [4.69, 9.17) is 4.74 Å². The lowest BCUT2D eigenvalue weighted by molar-refractivity contribution is 0.393. The molecule has 0 spiro atoms. The molecule has 1 aromatic rings. The molecule has 0 aliphatic carbocycles. The molecule has 2 heteroatoms. The second-order valence-corrected chi connectivity index (χ2v) is 4.69. The molecule has 0 N–H and O–H groups in total. The van der Waals surface area contributed by atoms with Crippen LogP contribution >= 0.6 is 0 Å². The Bertz CT molecular complexity index is 313. The summed E-state index contributed by atoms with van der Waals surface area (Å²) in [6.07, 6.45) is 0.718. The van der Waals surface area contributed by atoms with E-state index in [1.807, 2.05) is 0 Å². The summed E-state index contributed by atoms with van der Waals surface area (Å²) in [4.78, 5) is 0. The molecule has 14 heavy (non-hydrogen) atoms. The van der Waals surface area contributed by atoms with Gasteiger partial charge in [0.05, 0.1) is 7.11 Å². The summed E-state index contributed by atoms with van der Waals surface area (Å²) in [5.41, 5.74) is 0.810. The summed E-state index contributed by atoms with van der Waals surface area (Å²) >= 11 is 0. The number of hydrogen-bond acceptors (Lipinski definition) is 1. The highest BCUT2D eigenvalue weighted by Gasteiger charge is 2.14. The first-order chi connectivity index (χ1) is 6.42. The fraction of sp³-hybridized carbons (Fsp3) is 0.500. The molecular weight excluding hydrogens is 179 g/mol. The minimum atomic E-state index is -0.152. The molecule has 0 atom stereocenters. The second-order valence-electron chi connectivity index (χ2n) is 4.69.